The van der Waals surface area contributed by atoms with Gasteiger partial charge in [-0.05, 0) is 99.1 Å². The highest BCUT2D eigenvalue weighted by atomic mass is 15.3. The van der Waals surface area contributed by atoms with Gasteiger partial charge in [0.15, 0.2) is 0 Å². The number of nitrogens with zero attached hydrogens (tertiary/aromatic N) is 4. The lowest BCUT2D eigenvalue weighted by Gasteiger charge is -2.40. The zero-order valence-corrected chi connectivity index (χ0v) is 17.3. The van der Waals surface area contributed by atoms with E-state index in [1.165, 1.54) is 84.3 Å². The molecule has 25 heavy (non-hydrogen) atoms. The summed E-state index contributed by atoms with van der Waals surface area (Å²) in [7, 11) is 2.35. The molecule has 0 saturated carbocycles. The monoisotopic (exact) mass is 350 g/mol. The number of piperidine rings is 1. The largest absolute Gasteiger partial charge is 0.302 e. The van der Waals surface area contributed by atoms with Crippen LogP contribution in [0.1, 0.15) is 59.3 Å². The van der Waals surface area contributed by atoms with Crippen LogP contribution in [0.25, 0.3) is 0 Å². The van der Waals surface area contributed by atoms with E-state index < -0.39 is 0 Å². The van der Waals surface area contributed by atoms with Crippen molar-refractivity contribution >= 4 is 0 Å². The van der Waals surface area contributed by atoms with E-state index in [4.69, 9.17) is 0 Å². The van der Waals surface area contributed by atoms with Crippen LogP contribution in [-0.4, -0.2) is 96.6 Å². The quantitative estimate of drug-likeness (QED) is 0.700. The highest BCUT2D eigenvalue weighted by molar-refractivity contribution is 4.86. The highest BCUT2D eigenvalue weighted by Crippen LogP contribution is 2.23. The molecule has 0 bridgehead atoms. The zero-order valence-electron chi connectivity index (χ0n) is 17.3. The van der Waals surface area contributed by atoms with E-state index in [2.05, 4.69) is 47.4 Å². The van der Waals surface area contributed by atoms with Crippen molar-refractivity contribution in [1.29, 1.82) is 0 Å². The van der Waals surface area contributed by atoms with Crippen LogP contribution < -0.4 is 0 Å². The molecule has 4 nitrogen and oxygen atoms in total. The molecular formula is C21H42N4. The summed E-state index contributed by atoms with van der Waals surface area (Å²) in [4.78, 5) is 10.8. The van der Waals surface area contributed by atoms with Crippen molar-refractivity contribution in [3.05, 3.63) is 0 Å². The van der Waals surface area contributed by atoms with Crippen molar-refractivity contribution in [3.63, 3.8) is 0 Å². The maximum Gasteiger partial charge on any atom is 0.0232 e. The summed E-state index contributed by atoms with van der Waals surface area (Å²) in [5.41, 5.74) is 0. The van der Waals surface area contributed by atoms with Gasteiger partial charge in [-0.25, -0.2) is 0 Å². The van der Waals surface area contributed by atoms with Gasteiger partial charge in [-0.1, -0.05) is 0 Å². The summed E-state index contributed by atoms with van der Waals surface area (Å²) in [5.74, 6) is 0. The first-order valence-electron chi connectivity index (χ1n) is 11.0. The van der Waals surface area contributed by atoms with Crippen LogP contribution in [0.2, 0.25) is 0 Å². The average molecular weight is 351 g/mol. The molecule has 4 heteroatoms. The maximum atomic E-state index is 2.76. The Kier molecular flexibility index (Phi) is 7.18. The Balaban J connectivity index is 1.34. The minimum atomic E-state index is 0.703. The summed E-state index contributed by atoms with van der Waals surface area (Å²) in [6, 6.07) is 3.10. The van der Waals surface area contributed by atoms with Crippen LogP contribution in [-0.2, 0) is 0 Å². The molecule has 3 aliphatic heterocycles. The first kappa shape index (κ1) is 19.6. The molecule has 146 valence electrons. The van der Waals surface area contributed by atoms with Crippen LogP contribution in [0.15, 0.2) is 0 Å². The molecule has 3 fully saturated rings. The lowest BCUT2D eigenvalue weighted by molar-refractivity contribution is 0.0919. The van der Waals surface area contributed by atoms with Crippen LogP contribution >= 0.6 is 0 Å². The first-order valence-corrected chi connectivity index (χ1v) is 11.0. The molecule has 2 atom stereocenters. The van der Waals surface area contributed by atoms with Crippen molar-refractivity contribution < 1.29 is 0 Å². The van der Waals surface area contributed by atoms with E-state index in [1.54, 1.807) is 0 Å². The predicted molar refractivity (Wildman–Crippen MR) is 107 cm³/mol. The fraction of sp³-hybridized carbons (Fsp3) is 1.00. The lowest BCUT2D eigenvalue weighted by Crippen LogP contribution is -2.47. The number of hydrogen-bond acceptors (Lipinski definition) is 4. The molecule has 3 saturated heterocycles. The molecule has 0 aliphatic carbocycles. The summed E-state index contributed by atoms with van der Waals surface area (Å²) >= 11 is 0. The number of rotatable bonds is 7. The van der Waals surface area contributed by atoms with Gasteiger partial charge >= 0.3 is 0 Å². The van der Waals surface area contributed by atoms with Gasteiger partial charge in [0, 0.05) is 37.3 Å². The molecule has 3 rings (SSSR count). The third-order valence-corrected chi connectivity index (χ3v) is 7.23. The summed E-state index contributed by atoms with van der Waals surface area (Å²) in [5, 5.41) is 0. The van der Waals surface area contributed by atoms with Crippen LogP contribution in [0.4, 0.5) is 0 Å². The first-order chi connectivity index (χ1) is 12.0. The SMILES string of the molecule is CC(C)N1CCC(N(C)CCC(C)N2CCC(N3CCCC3)CC2)C1. The van der Waals surface area contributed by atoms with Gasteiger partial charge in [-0.2, -0.15) is 0 Å². The topological polar surface area (TPSA) is 13.0 Å². The van der Waals surface area contributed by atoms with Crippen molar-refractivity contribution in [1.82, 2.24) is 19.6 Å². The molecule has 0 spiro atoms. The Bertz CT molecular complexity index is 385. The Morgan fingerprint density at radius 1 is 0.880 bits per heavy atom. The summed E-state index contributed by atoms with van der Waals surface area (Å²) in [6.07, 6.45) is 8.32. The van der Waals surface area contributed by atoms with E-state index in [0.29, 0.717) is 6.04 Å². The average Bonchev–Trinajstić information content (AvgIpc) is 3.31. The fourth-order valence-electron chi connectivity index (χ4n) is 5.15. The maximum absolute atomic E-state index is 2.76. The minimum absolute atomic E-state index is 0.703. The van der Waals surface area contributed by atoms with Gasteiger partial charge < -0.3 is 14.7 Å². The van der Waals surface area contributed by atoms with E-state index in [-0.39, 0.29) is 0 Å². The van der Waals surface area contributed by atoms with Crippen LogP contribution in [0.5, 0.6) is 0 Å². The second-order valence-corrected chi connectivity index (χ2v) is 9.16. The molecule has 0 aromatic rings. The van der Waals surface area contributed by atoms with Gasteiger partial charge in [0.05, 0.1) is 0 Å². The van der Waals surface area contributed by atoms with Crippen molar-refractivity contribution in [2.75, 3.05) is 52.9 Å². The van der Waals surface area contributed by atoms with E-state index in [0.717, 1.165) is 18.1 Å². The third-order valence-electron chi connectivity index (χ3n) is 7.23. The van der Waals surface area contributed by atoms with E-state index >= 15 is 0 Å². The number of hydrogen-bond donors (Lipinski definition) is 0. The Morgan fingerprint density at radius 3 is 2.12 bits per heavy atom. The number of likely N-dealkylation sites (tertiary alicyclic amines) is 3. The second-order valence-electron chi connectivity index (χ2n) is 9.16. The van der Waals surface area contributed by atoms with E-state index in [9.17, 15) is 0 Å². The predicted octanol–water partition coefficient (Wildman–Crippen LogP) is 2.74. The normalized spacial score (nSPS) is 29.3. The van der Waals surface area contributed by atoms with Gasteiger partial charge in [0.25, 0.3) is 0 Å². The molecule has 0 aromatic carbocycles. The molecule has 2 unspecified atom stereocenters. The molecule has 0 amide bonds. The number of likely N-dealkylation sites (N-methyl/N-ethyl adjacent to an activating group) is 1. The summed E-state index contributed by atoms with van der Waals surface area (Å²) < 4.78 is 0. The van der Waals surface area contributed by atoms with Gasteiger partial charge in [0.1, 0.15) is 0 Å². The molecular weight excluding hydrogens is 308 g/mol. The molecule has 3 aliphatic rings. The highest BCUT2D eigenvalue weighted by Gasteiger charge is 2.29. The Labute approximate surface area is 156 Å². The minimum Gasteiger partial charge on any atom is -0.302 e. The van der Waals surface area contributed by atoms with Crippen molar-refractivity contribution in [3.8, 4) is 0 Å². The molecule has 0 radical (unpaired) electrons. The lowest BCUT2D eigenvalue weighted by atomic mass is 10.0. The summed E-state index contributed by atoms with van der Waals surface area (Å²) in [6.45, 7) is 16.3. The van der Waals surface area contributed by atoms with Crippen LogP contribution in [0, 0.1) is 0 Å². The molecule has 3 heterocycles. The van der Waals surface area contributed by atoms with Crippen LogP contribution in [0.3, 0.4) is 0 Å². The third kappa shape index (κ3) is 5.18. The van der Waals surface area contributed by atoms with Gasteiger partial charge in [-0.15, -0.1) is 0 Å². The van der Waals surface area contributed by atoms with Crippen molar-refractivity contribution in [2.24, 2.45) is 0 Å². The van der Waals surface area contributed by atoms with E-state index in [1.807, 2.05) is 0 Å². The van der Waals surface area contributed by atoms with Gasteiger partial charge in [-0.3, -0.25) is 4.90 Å². The molecule has 0 N–H and O–H groups in total. The Morgan fingerprint density at radius 2 is 1.52 bits per heavy atom. The second kappa shape index (κ2) is 9.16. The van der Waals surface area contributed by atoms with Gasteiger partial charge in [0.2, 0.25) is 0 Å². The Hall–Kier alpha value is -0.160. The standard InChI is InChI=1S/C21H42N4/c1-18(2)25-16-10-21(17-25)22(4)13-7-19(3)23-14-8-20(9-15-23)24-11-5-6-12-24/h18-21H,5-17H2,1-4H3. The fourth-order valence-corrected chi connectivity index (χ4v) is 5.15. The zero-order chi connectivity index (χ0) is 17.8. The van der Waals surface area contributed by atoms with Crippen molar-refractivity contribution in [2.45, 2.75) is 83.5 Å². The molecule has 0 aromatic heterocycles. The smallest absolute Gasteiger partial charge is 0.0232 e.